The van der Waals surface area contributed by atoms with Crippen molar-refractivity contribution >= 4 is 63.3 Å². The third-order valence-corrected chi connectivity index (χ3v) is 8.60. The van der Waals surface area contributed by atoms with Gasteiger partial charge in [0.15, 0.2) is 23.1 Å². The van der Waals surface area contributed by atoms with Crippen LogP contribution in [0.1, 0.15) is 38.3 Å². The van der Waals surface area contributed by atoms with Gasteiger partial charge < -0.3 is 18.9 Å². The summed E-state index contributed by atoms with van der Waals surface area (Å²) in [6, 6.07) is 5.70. The van der Waals surface area contributed by atoms with Crippen LogP contribution in [0.25, 0.3) is 11.2 Å². The molecular formula is C29H26Cl2N6O8S. The molecule has 1 saturated heterocycles. The molecule has 1 fully saturated rings. The average Bonchev–Trinajstić information content (AvgIpc) is 3.76. The standard InChI is InChI=1S/C29H26Cl2N6O8S/c1-5-28(4)20(45-25(22(28)44-16(3)38)36-14-32-21-23(30)34-27(31)35-24(21)36)12-43-29(26(39)42-6-2,19-13-46-15-33-19)11-17-7-9-18(10-8-17)37(40)41/h1,7-10,13-15,20,22,25H,6,11-12H2,2-4H3/t20-,22+,25-,28+,29?/m1/s1. The highest BCUT2D eigenvalue weighted by atomic mass is 35.5. The zero-order valence-electron chi connectivity index (χ0n) is 24.6. The molecule has 0 saturated carbocycles. The van der Waals surface area contributed by atoms with Crippen molar-refractivity contribution < 1.29 is 33.5 Å². The van der Waals surface area contributed by atoms with Crippen LogP contribution in [0.3, 0.4) is 0 Å². The first kappa shape index (κ1) is 33.2. The number of hydrogen-bond acceptors (Lipinski definition) is 13. The number of rotatable bonds is 11. The van der Waals surface area contributed by atoms with Gasteiger partial charge in [0.05, 0.1) is 41.1 Å². The number of nitro groups is 1. The zero-order valence-corrected chi connectivity index (χ0v) is 26.9. The Kier molecular flexibility index (Phi) is 9.57. The lowest BCUT2D eigenvalue weighted by atomic mass is 9.81. The molecule has 4 heterocycles. The number of fused-ring (bicyclic) bond motifs is 1. The fourth-order valence-corrected chi connectivity index (χ4v) is 6.25. The molecule has 17 heteroatoms. The lowest BCUT2D eigenvalue weighted by Crippen LogP contribution is -2.47. The van der Waals surface area contributed by atoms with E-state index in [9.17, 15) is 19.7 Å². The van der Waals surface area contributed by atoms with Gasteiger partial charge in [0.1, 0.15) is 11.6 Å². The first-order valence-electron chi connectivity index (χ1n) is 13.7. The number of non-ortho nitro benzene ring substituents is 1. The summed E-state index contributed by atoms with van der Waals surface area (Å²) in [6.07, 6.45) is 4.23. The number of halogens is 2. The highest BCUT2D eigenvalue weighted by molar-refractivity contribution is 7.07. The van der Waals surface area contributed by atoms with Gasteiger partial charge in [-0.05, 0) is 31.0 Å². The fraction of sp³-hybridized carbons (Fsp3) is 0.379. The number of imidazole rings is 1. The minimum atomic E-state index is -1.81. The predicted octanol–water partition coefficient (Wildman–Crippen LogP) is 4.68. The summed E-state index contributed by atoms with van der Waals surface area (Å²) in [5.41, 5.74) is -0.487. The molecule has 0 N–H and O–H groups in total. The second kappa shape index (κ2) is 13.3. The molecule has 46 heavy (non-hydrogen) atoms. The first-order valence-corrected chi connectivity index (χ1v) is 15.4. The summed E-state index contributed by atoms with van der Waals surface area (Å²) in [6.45, 7) is 4.28. The number of esters is 2. The number of nitro benzene ring substituents is 1. The lowest BCUT2D eigenvalue weighted by molar-refractivity contribution is -0.384. The summed E-state index contributed by atoms with van der Waals surface area (Å²) < 4.78 is 25.6. The molecule has 1 aromatic carbocycles. The van der Waals surface area contributed by atoms with Crippen molar-refractivity contribution in [2.24, 2.45) is 5.41 Å². The smallest absolute Gasteiger partial charge is 0.345 e. The number of carbonyl (C=O) groups excluding carboxylic acids is 2. The van der Waals surface area contributed by atoms with E-state index in [1.54, 1.807) is 19.2 Å². The first-order chi connectivity index (χ1) is 21.9. The number of aromatic nitrogens is 5. The van der Waals surface area contributed by atoms with Crippen molar-refractivity contribution in [1.29, 1.82) is 0 Å². The summed E-state index contributed by atoms with van der Waals surface area (Å²) in [5.74, 6) is 1.34. The normalized spacial score (nSPS) is 22.2. The number of nitrogens with zero attached hydrogens (tertiary/aromatic N) is 6. The van der Waals surface area contributed by atoms with E-state index in [0.717, 1.165) is 0 Å². The van der Waals surface area contributed by atoms with Gasteiger partial charge in [-0.25, -0.2) is 19.7 Å². The maximum absolute atomic E-state index is 13.8. The predicted molar refractivity (Wildman–Crippen MR) is 165 cm³/mol. The van der Waals surface area contributed by atoms with E-state index < -0.39 is 46.3 Å². The summed E-state index contributed by atoms with van der Waals surface area (Å²) in [5, 5.41) is 12.7. The Bertz CT molecular complexity index is 1810. The van der Waals surface area contributed by atoms with E-state index in [4.69, 9.17) is 48.6 Å². The number of carbonyl (C=O) groups is 2. The molecule has 0 bridgehead atoms. The molecule has 14 nitrogen and oxygen atoms in total. The molecule has 1 unspecified atom stereocenters. The quantitative estimate of drug-likeness (QED) is 0.0533. The lowest BCUT2D eigenvalue weighted by Gasteiger charge is -2.34. The number of benzene rings is 1. The van der Waals surface area contributed by atoms with Gasteiger partial charge in [-0.2, -0.15) is 4.98 Å². The van der Waals surface area contributed by atoms with Gasteiger partial charge >= 0.3 is 11.9 Å². The van der Waals surface area contributed by atoms with Gasteiger partial charge in [0, 0.05) is 30.9 Å². The van der Waals surface area contributed by atoms with Gasteiger partial charge in [-0.1, -0.05) is 29.7 Å². The van der Waals surface area contributed by atoms with Crippen molar-refractivity contribution in [3.63, 3.8) is 0 Å². The maximum Gasteiger partial charge on any atom is 0.345 e. The van der Waals surface area contributed by atoms with Crippen molar-refractivity contribution in [3.8, 4) is 12.3 Å². The third kappa shape index (κ3) is 6.14. The minimum absolute atomic E-state index is 0.00380. The molecule has 0 spiro atoms. The van der Waals surface area contributed by atoms with Crippen LogP contribution in [0.15, 0.2) is 41.5 Å². The van der Waals surface area contributed by atoms with Crippen LogP contribution in [0.2, 0.25) is 10.4 Å². The topological polar surface area (TPSA) is 171 Å². The average molecular weight is 690 g/mol. The van der Waals surface area contributed by atoms with Gasteiger partial charge in [-0.3, -0.25) is 19.5 Å². The van der Waals surface area contributed by atoms with E-state index in [1.807, 2.05) is 0 Å². The summed E-state index contributed by atoms with van der Waals surface area (Å²) in [7, 11) is 0. The van der Waals surface area contributed by atoms with Crippen molar-refractivity contribution in [1.82, 2.24) is 24.5 Å². The second-order valence-electron chi connectivity index (χ2n) is 10.4. The Balaban J connectivity index is 1.55. The van der Waals surface area contributed by atoms with E-state index in [2.05, 4.69) is 25.9 Å². The molecule has 0 radical (unpaired) electrons. The van der Waals surface area contributed by atoms with Crippen LogP contribution in [0.4, 0.5) is 5.69 Å². The molecule has 240 valence electrons. The number of ether oxygens (including phenoxy) is 4. The van der Waals surface area contributed by atoms with Crippen LogP contribution < -0.4 is 0 Å². The van der Waals surface area contributed by atoms with Gasteiger partial charge in [-0.15, -0.1) is 17.8 Å². The Labute approximate surface area is 276 Å². The van der Waals surface area contributed by atoms with E-state index >= 15 is 0 Å². The van der Waals surface area contributed by atoms with E-state index in [0.29, 0.717) is 5.56 Å². The minimum Gasteiger partial charge on any atom is -0.464 e. The van der Waals surface area contributed by atoms with E-state index in [1.165, 1.54) is 58.9 Å². The number of hydrogen-bond donors (Lipinski definition) is 0. The monoisotopic (exact) mass is 688 g/mol. The Morgan fingerprint density at radius 3 is 2.61 bits per heavy atom. The maximum atomic E-state index is 13.8. The van der Waals surface area contributed by atoms with E-state index in [-0.39, 0.29) is 52.6 Å². The summed E-state index contributed by atoms with van der Waals surface area (Å²) in [4.78, 5) is 53.6. The molecule has 4 aromatic rings. The second-order valence-corrected chi connectivity index (χ2v) is 11.8. The van der Waals surface area contributed by atoms with Crippen LogP contribution in [-0.4, -0.2) is 66.8 Å². The summed E-state index contributed by atoms with van der Waals surface area (Å²) >= 11 is 13.6. The highest BCUT2D eigenvalue weighted by Gasteiger charge is 2.57. The van der Waals surface area contributed by atoms with Crippen molar-refractivity contribution in [2.75, 3.05) is 13.2 Å². The third-order valence-electron chi connectivity index (χ3n) is 7.58. The number of terminal acetylenes is 1. The van der Waals surface area contributed by atoms with Crippen LogP contribution >= 0.6 is 34.5 Å². The van der Waals surface area contributed by atoms with Gasteiger partial charge in [0.2, 0.25) is 10.9 Å². The molecule has 3 aromatic heterocycles. The Morgan fingerprint density at radius 1 is 1.26 bits per heavy atom. The van der Waals surface area contributed by atoms with Crippen LogP contribution in [-0.2, 0) is 40.6 Å². The number of thiazole rings is 1. The van der Waals surface area contributed by atoms with Crippen LogP contribution in [0.5, 0.6) is 0 Å². The Morgan fingerprint density at radius 2 is 2.00 bits per heavy atom. The molecular weight excluding hydrogens is 663 g/mol. The molecule has 1 aliphatic heterocycles. The fourth-order valence-electron chi connectivity index (χ4n) is 5.21. The zero-order chi connectivity index (χ0) is 33.2. The SMILES string of the molecule is C#C[C@@]1(C)[C@@H](COC(Cc2ccc([N+](=O)[O-])cc2)(C(=O)OCC)c2cscn2)O[C@@H](n2cnc3c(Cl)nc(Cl)nc32)[C@@H]1OC(C)=O. The largest absolute Gasteiger partial charge is 0.464 e. The molecule has 5 rings (SSSR count). The van der Waals surface area contributed by atoms with Crippen molar-refractivity contribution in [3.05, 3.63) is 73.3 Å². The highest BCUT2D eigenvalue weighted by Crippen LogP contribution is 2.47. The molecule has 5 atom stereocenters. The van der Waals surface area contributed by atoms with Crippen molar-refractivity contribution in [2.45, 2.75) is 51.2 Å². The van der Waals surface area contributed by atoms with Gasteiger partial charge in [0.25, 0.3) is 5.69 Å². The molecule has 1 aliphatic rings. The Hall–Kier alpha value is -4.20. The molecule has 0 amide bonds. The molecule has 0 aliphatic carbocycles. The van der Waals surface area contributed by atoms with Crippen LogP contribution in [0, 0.1) is 27.9 Å².